The first-order valence-corrected chi connectivity index (χ1v) is 6.72. The third-order valence-electron chi connectivity index (χ3n) is 2.07. The summed E-state index contributed by atoms with van der Waals surface area (Å²) in [6, 6.07) is 0.432. The van der Waals surface area contributed by atoms with Crippen molar-refractivity contribution in [1.29, 1.82) is 0 Å². The van der Waals surface area contributed by atoms with Gasteiger partial charge in [-0.05, 0) is 11.6 Å². The van der Waals surface area contributed by atoms with E-state index in [0.29, 0.717) is 14.2 Å². The van der Waals surface area contributed by atoms with Gasteiger partial charge in [0.1, 0.15) is 12.6 Å². The monoisotopic (exact) mass is 323 g/mol. The zero-order valence-corrected chi connectivity index (χ0v) is 12.0. The van der Waals surface area contributed by atoms with E-state index < -0.39 is 18.1 Å². The summed E-state index contributed by atoms with van der Waals surface area (Å²) in [5, 5.41) is 11.3. The molecule has 0 aliphatic rings. The number of hydrogen-bond donors (Lipinski definition) is 2. The number of hydrogen-bond acceptors (Lipinski definition) is 4. The van der Waals surface area contributed by atoms with Crippen molar-refractivity contribution in [3.05, 3.63) is 33.0 Å². The van der Waals surface area contributed by atoms with E-state index in [4.69, 9.17) is 28.3 Å². The van der Waals surface area contributed by atoms with Crippen molar-refractivity contribution < 1.29 is 19.4 Å². The fourth-order valence-electron chi connectivity index (χ4n) is 1.25. The van der Waals surface area contributed by atoms with Gasteiger partial charge in [0, 0.05) is 6.42 Å². The molecule has 2 N–H and O–H groups in total. The summed E-state index contributed by atoms with van der Waals surface area (Å²) in [5.74, 6) is -1.19. The number of carboxylic acids is 1. The Hall–Kier alpha value is -1.24. The SMILES string of the molecule is C=CCOC(=O)NC(Cc1cc(Cl)sc1Cl)C(=O)O. The van der Waals surface area contributed by atoms with Gasteiger partial charge in [-0.15, -0.1) is 11.3 Å². The minimum Gasteiger partial charge on any atom is -0.480 e. The topological polar surface area (TPSA) is 75.6 Å². The lowest BCUT2D eigenvalue weighted by atomic mass is 10.1. The molecule has 1 rings (SSSR count). The number of amides is 1. The molecule has 0 bridgehead atoms. The van der Waals surface area contributed by atoms with Crippen LogP contribution in [0.3, 0.4) is 0 Å². The molecule has 1 aromatic rings. The van der Waals surface area contributed by atoms with E-state index >= 15 is 0 Å². The van der Waals surface area contributed by atoms with Gasteiger partial charge in [0.15, 0.2) is 0 Å². The maximum Gasteiger partial charge on any atom is 0.408 e. The Bertz CT molecular complexity index is 489. The van der Waals surface area contributed by atoms with Crippen LogP contribution in [-0.4, -0.2) is 29.8 Å². The molecule has 5 nitrogen and oxygen atoms in total. The summed E-state index contributed by atoms with van der Waals surface area (Å²) in [7, 11) is 0. The van der Waals surface area contributed by atoms with Crippen molar-refractivity contribution in [2.24, 2.45) is 0 Å². The Morgan fingerprint density at radius 3 is 2.74 bits per heavy atom. The van der Waals surface area contributed by atoms with Gasteiger partial charge < -0.3 is 15.2 Å². The number of carbonyl (C=O) groups excluding carboxylic acids is 1. The Kier molecular flexibility index (Phi) is 6.14. The van der Waals surface area contributed by atoms with Crippen LogP contribution >= 0.6 is 34.5 Å². The van der Waals surface area contributed by atoms with E-state index in [1.165, 1.54) is 6.08 Å². The van der Waals surface area contributed by atoms with Gasteiger partial charge in [0.25, 0.3) is 0 Å². The lowest BCUT2D eigenvalue weighted by molar-refractivity contribution is -0.139. The predicted molar refractivity (Wildman–Crippen MR) is 74.1 cm³/mol. The van der Waals surface area contributed by atoms with E-state index in [9.17, 15) is 9.59 Å². The Labute approximate surface area is 123 Å². The van der Waals surface area contributed by atoms with E-state index in [0.717, 1.165) is 11.3 Å². The molecule has 0 aliphatic heterocycles. The average Bonchev–Trinajstić information content (AvgIpc) is 2.64. The van der Waals surface area contributed by atoms with Gasteiger partial charge in [0.05, 0.1) is 8.67 Å². The minimum absolute atomic E-state index is 0.00318. The number of ether oxygens (including phenoxy) is 1. The van der Waals surface area contributed by atoms with Gasteiger partial charge in [-0.1, -0.05) is 35.9 Å². The molecule has 8 heteroatoms. The van der Waals surface area contributed by atoms with E-state index in [1.807, 2.05) is 0 Å². The highest BCUT2D eigenvalue weighted by Crippen LogP contribution is 2.31. The zero-order chi connectivity index (χ0) is 14.4. The molecule has 1 unspecified atom stereocenters. The van der Waals surface area contributed by atoms with E-state index in [1.54, 1.807) is 6.07 Å². The number of nitrogens with one attached hydrogen (secondary N) is 1. The highest BCUT2D eigenvalue weighted by atomic mass is 35.5. The summed E-state index contributed by atoms with van der Waals surface area (Å²) in [6.45, 7) is 3.38. The molecule has 1 atom stereocenters. The number of halogens is 2. The Morgan fingerprint density at radius 2 is 2.26 bits per heavy atom. The van der Waals surface area contributed by atoms with Crippen LogP contribution in [0.5, 0.6) is 0 Å². The number of alkyl carbamates (subject to hydrolysis) is 1. The van der Waals surface area contributed by atoms with Crippen LogP contribution in [0.1, 0.15) is 5.56 Å². The first-order chi connectivity index (χ1) is 8.93. The van der Waals surface area contributed by atoms with Crippen LogP contribution in [0.2, 0.25) is 8.67 Å². The summed E-state index contributed by atoms with van der Waals surface area (Å²) in [6.07, 6.45) is 0.579. The molecular weight excluding hydrogens is 313 g/mol. The lowest BCUT2D eigenvalue weighted by Gasteiger charge is -2.13. The zero-order valence-electron chi connectivity index (χ0n) is 9.69. The van der Waals surface area contributed by atoms with Gasteiger partial charge in [-0.3, -0.25) is 0 Å². The number of thiophene rings is 1. The Morgan fingerprint density at radius 1 is 1.58 bits per heavy atom. The predicted octanol–water partition coefficient (Wildman–Crippen LogP) is 2.96. The quantitative estimate of drug-likeness (QED) is 0.789. The van der Waals surface area contributed by atoms with Gasteiger partial charge in [0.2, 0.25) is 0 Å². The van der Waals surface area contributed by atoms with Gasteiger partial charge >= 0.3 is 12.1 Å². The molecule has 0 aliphatic carbocycles. The number of carbonyl (C=O) groups is 2. The molecule has 0 saturated heterocycles. The molecule has 0 radical (unpaired) electrons. The summed E-state index contributed by atoms with van der Waals surface area (Å²) >= 11 is 12.8. The molecule has 1 amide bonds. The average molecular weight is 324 g/mol. The van der Waals surface area contributed by atoms with Crippen molar-refractivity contribution in [2.75, 3.05) is 6.61 Å². The molecule has 0 spiro atoms. The normalized spacial score (nSPS) is 11.7. The first-order valence-electron chi connectivity index (χ1n) is 5.14. The summed E-state index contributed by atoms with van der Waals surface area (Å²) in [4.78, 5) is 22.4. The number of rotatable bonds is 6. The first kappa shape index (κ1) is 15.8. The van der Waals surface area contributed by atoms with Crippen molar-refractivity contribution >= 4 is 46.6 Å². The molecule has 1 aromatic heterocycles. The summed E-state index contributed by atoms with van der Waals surface area (Å²) < 4.78 is 5.51. The molecule has 0 saturated carbocycles. The van der Waals surface area contributed by atoms with E-state index in [-0.39, 0.29) is 13.0 Å². The molecule has 1 heterocycles. The van der Waals surface area contributed by atoms with Gasteiger partial charge in [-0.25, -0.2) is 9.59 Å². The summed E-state index contributed by atoms with van der Waals surface area (Å²) in [5.41, 5.74) is 0.563. The standard InChI is InChI=1S/C11H11Cl2NO4S/c1-2-3-18-11(17)14-7(10(15)16)4-6-5-8(12)19-9(6)13/h2,5,7H,1,3-4H2,(H,14,17)(H,15,16). The smallest absolute Gasteiger partial charge is 0.408 e. The highest BCUT2D eigenvalue weighted by Gasteiger charge is 2.23. The maximum atomic E-state index is 11.3. The van der Waals surface area contributed by atoms with E-state index in [2.05, 4.69) is 16.6 Å². The molecule has 0 aromatic carbocycles. The molecule has 0 fully saturated rings. The highest BCUT2D eigenvalue weighted by molar-refractivity contribution is 7.20. The van der Waals surface area contributed by atoms with Crippen LogP contribution in [-0.2, 0) is 16.0 Å². The van der Waals surface area contributed by atoms with Crippen LogP contribution in [0.25, 0.3) is 0 Å². The molecular formula is C11H11Cl2NO4S. The Balaban J connectivity index is 2.68. The van der Waals surface area contributed by atoms with Crippen molar-refractivity contribution in [2.45, 2.75) is 12.5 Å². The van der Waals surface area contributed by atoms with Crippen molar-refractivity contribution in [3.8, 4) is 0 Å². The fraction of sp³-hybridized carbons (Fsp3) is 0.273. The second-order valence-corrected chi connectivity index (χ2v) is 5.76. The maximum absolute atomic E-state index is 11.3. The van der Waals surface area contributed by atoms with Gasteiger partial charge in [-0.2, -0.15) is 0 Å². The molecule has 104 valence electrons. The minimum atomic E-state index is -1.19. The third-order valence-corrected chi connectivity index (χ3v) is 3.64. The number of aliphatic carboxylic acids is 1. The molecule has 19 heavy (non-hydrogen) atoms. The van der Waals surface area contributed by atoms with Crippen LogP contribution in [0.4, 0.5) is 4.79 Å². The second-order valence-electron chi connectivity index (χ2n) is 3.48. The van der Waals surface area contributed by atoms with Crippen LogP contribution < -0.4 is 5.32 Å². The van der Waals surface area contributed by atoms with Crippen molar-refractivity contribution in [3.63, 3.8) is 0 Å². The van der Waals surface area contributed by atoms with Crippen LogP contribution in [0, 0.1) is 0 Å². The largest absolute Gasteiger partial charge is 0.480 e. The second kappa shape index (κ2) is 7.37. The van der Waals surface area contributed by atoms with Crippen molar-refractivity contribution in [1.82, 2.24) is 5.32 Å². The lowest BCUT2D eigenvalue weighted by Crippen LogP contribution is -2.42. The fourth-order valence-corrected chi connectivity index (χ4v) is 2.76. The number of carboxylic acid groups (broad SMARTS) is 1. The third kappa shape index (κ3) is 5.10. The van der Waals surface area contributed by atoms with Crippen LogP contribution in [0.15, 0.2) is 18.7 Å².